The minimum absolute atomic E-state index is 0.152. The van der Waals surface area contributed by atoms with Gasteiger partial charge in [-0.05, 0) is 32.7 Å². The molecule has 0 spiro atoms. The zero-order valence-corrected chi connectivity index (χ0v) is 18.4. The Hall–Kier alpha value is -3.07. The molecule has 14 heteroatoms. The molecule has 186 valence electrons. The maximum Gasteiger partial charge on any atom is 0.328 e. The second-order valence-electron chi connectivity index (χ2n) is 7.54. The van der Waals surface area contributed by atoms with Gasteiger partial charge >= 0.3 is 5.97 Å². The van der Waals surface area contributed by atoms with Crippen molar-refractivity contribution < 1.29 is 34.5 Å². The number of nitrogens with two attached hydrogens (primary N) is 2. The molecule has 0 saturated heterocycles. The molecule has 0 bridgehead atoms. The molecular formula is C19H33N7O7. The largest absolute Gasteiger partial charge is 0.480 e. The molecule has 5 atom stereocenters. The number of hydrogen-bond acceptors (Lipinski definition) is 9. The van der Waals surface area contributed by atoms with Crippen LogP contribution in [0.5, 0.6) is 0 Å². The van der Waals surface area contributed by atoms with Gasteiger partial charge in [0, 0.05) is 18.3 Å². The molecule has 1 aromatic heterocycles. The van der Waals surface area contributed by atoms with E-state index in [0.717, 1.165) is 0 Å². The van der Waals surface area contributed by atoms with Crippen LogP contribution in [0.15, 0.2) is 12.5 Å². The van der Waals surface area contributed by atoms with Gasteiger partial charge in [-0.25, -0.2) is 9.78 Å². The number of amides is 3. The number of aromatic nitrogens is 2. The number of carbonyl (C=O) groups is 4. The van der Waals surface area contributed by atoms with Gasteiger partial charge in [-0.1, -0.05) is 0 Å². The van der Waals surface area contributed by atoms with Gasteiger partial charge in [0.1, 0.15) is 18.1 Å². The fourth-order valence-electron chi connectivity index (χ4n) is 2.87. The molecule has 0 aliphatic rings. The summed E-state index contributed by atoms with van der Waals surface area (Å²) in [6.07, 6.45) is 2.97. The quantitative estimate of drug-likeness (QED) is 0.113. The number of carboxylic acid groups (broad SMARTS) is 1. The summed E-state index contributed by atoms with van der Waals surface area (Å²) in [6, 6.07) is -5.21. The predicted octanol–water partition coefficient (Wildman–Crippen LogP) is -3.68. The Labute approximate surface area is 190 Å². The predicted molar refractivity (Wildman–Crippen MR) is 115 cm³/mol. The van der Waals surface area contributed by atoms with Crippen molar-refractivity contribution in [2.45, 2.75) is 62.9 Å². The van der Waals surface area contributed by atoms with Crippen molar-refractivity contribution in [1.29, 1.82) is 0 Å². The van der Waals surface area contributed by atoms with Crippen LogP contribution in [0, 0.1) is 0 Å². The Morgan fingerprint density at radius 2 is 1.76 bits per heavy atom. The van der Waals surface area contributed by atoms with Gasteiger partial charge in [0.25, 0.3) is 0 Å². The fourth-order valence-corrected chi connectivity index (χ4v) is 2.87. The van der Waals surface area contributed by atoms with Crippen LogP contribution in [0.3, 0.4) is 0 Å². The third kappa shape index (κ3) is 9.53. The summed E-state index contributed by atoms with van der Waals surface area (Å²) in [5.74, 6) is -3.88. The van der Waals surface area contributed by atoms with E-state index in [-0.39, 0.29) is 12.8 Å². The molecule has 5 unspecified atom stereocenters. The van der Waals surface area contributed by atoms with E-state index in [1.165, 1.54) is 19.4 Å². The number of aliphatic hydroxyl groups is 2. The number of aliphatic carboxylic acids is 1. The van der Waals surface area contributed by atoms with Crippen LogP contribution in [0.1, 0.15) is 31.9 Å². The number of carboxylic acids is 1. The SMILES string of the molecule is CC(O)C(NC(=O)C(CCCCN)NC(=O)C(N)Cc1cnc[nH]1)C(=O)NC(CO)C(=O)O. The van der Waals surface area contributed by atoms with E-state index in [0.29, 0.717) is 25.1 Å². The lowest BCUT2D eigenvalue weighted by atomic mass is 10.1. The Balaban J connectivity index is 2.87. The van der Waals surface area contributed by atoms with Crippen molar-refractivity contribution in [2.24, 2.45) is 11.5 Å². The number of rotatable bonds is 15. The number of imidazole rings is 1. The first-order chi connectivity index (χ1) is 15.6. The molecule has 0 aliphatic heterocycles. The van der Waals surface area contributed by atoms with E-state index in [4.69, 9.17) is 21.7 Å². The molecule has 0 fully saturated rings. The number of hydrogen-bond donors (Lipinski definition) is 9. The lowest BCUT2D eigenvalue weighted by molar-refractivity contribution is -0.144. The highest BCUT2D eigenvalue weighted by Crippen LogP contribution is 2.05. The second kappa shape index (κ2) is 14.2. The van der Waals surface area contributed by atoms with Crippen LogP contribution in [0.2, 0.25) is 0 Å². The average Bonchev–Trinajstić information content (AvgIpc) is 3.27. The first kappa shape index (κ1) is 28.0. The van der Waals surface area contributed by atoms with Crippen molar-refractivity contribution in [3.8, 4) is 0 Å². The number of nitrogens with one attached hydrogen (secondary N) is 4. The summed E-state index contributed by atoms with van der Waals surface area (Å²) >= 11 is 0. The summed E-state index contributed by atoms with van der Waals surface area (Å²) < 4.78 is 0. The average molecular weight is 472 g/mol. The number of nitrogens with zero attached hydrogens (tertiary/aromatic N) is 1. The minimum Gasteiger partial charge on any atom is -0.480 e. The van der Waals surface area contributed by atoms with Gasteiger partial charge in [0.2, 0.25) is 17.7 Å². The summed E-state index contributed by atoms with van der Waals surface area (Å²) in [5, 5.41) is 34.9. The summed E-state index contributed by atoms with van der Waals surface area (Å²) in [5.41, 5.74) is 12.0. The van der Waals surface area contributed by atoms with E-state index < -0.39 is 60.6 Å². The minimum atomic E-state index is -1.61. The van der Waals surface area contributed by atoms with Gasteiger partial charge < -0.3 is 47.7 Å². The maximum absolute atomic E-state index is 12.9. The smallest absolute Gasteiger partial charge is 0.328 e. The Bertz CT molecular complexity index is 773. The van der Waals surface area contributed by atoms with Crippen LogP contribution in [0.4, 0.5) is 0 Å². The van der Waals surface area contributed by atoms with Gasteiger partial charge in [0.15, 0.2) is 0 Å². The number of aromatic amines is 1. The van der Waals surface area contributed by atoms with Gasteiger partial charge in [-0.15, -0.1) is 0 Å². The second-order valence-corrected chi connectivity index (χ2v) is 7.54. The van der Waals surface area contributed by atoms with Gasteiger partial charge in [-0.2, -0.15) is 0 Å². The molecule has 3 amide bonds. The number of aliphatic hydroxyl groups excluding tert-OH is 2. The zero-order chi connectivity index (χ0) is 25.0. The first-order valence-electron chi connectivity index (χ1n) is 10.5. The van der Waals surface area contributed by atoms with Crippen LogP contribution in [-0.2, 0) is 25.6 Å². The van der Waals surface area contributed by atoms with Crippen molar-refractivity contribution in [1.82, 2.24) is 25.9 Å². The highest BCUT2D eigenvalue weighted by Gasteiger charge is 2.32. The number of unbranched alkanes of at least 4 members (excludes halogenated alkanes) is 1. The molecule has 0 aromatic carbocycles. The topological polar surface area (TPSA) is 246 Å². The number of H-pyrrole nitrogens is 1. The number of carbonyl (C=O) groups excluding carboxylic acids is 3. The van der Waals surface area contributed by atoms with Crippen LogP contribution in [-0.4, -0.2) is 92.4 Å². The molecule has 0 radical (unpaired) electrons. The molecule has 33 heavy (non-hydrogen) atoms. The summed E-state index contributed by atoms with van der Waals surface area (Å²) in [7, 11) is 0. The molecule has 1 rings (SSSR count). The van der Waals surface area contributed by atoms with E-state index in [9.17, 15) is 24.3 Å². The molecule has 1 aromatic rings. The lowest BCUT2D eigenvalue weighted by Gasteiger charge is -2.26. The maximum atomic E-state index is 12.9. The highest BCUT2D eigenvalue weighted by molar-refractivity contribution is 5.94. The van der Waals surface area contributed by atoms with E-state index >= 15 is 0 Å². The molecular weight excluding hydrogens is 438 g/mol. The van der Waals surface area contributed by atoms with E-state index in [1.54, 1.807) is 0 Å². The molecule has 14 nitrogen and oxygen atoms in total. The van der Waals surface area contributed by atoms with Crippen LogP contribution < -0.4 is 27.4 Å². The Kier molecular flexibility index (Phi) is 12.0. The van der Waals surface area contributed by atoms with Crippen molar-refractivity contribution in [2.75, 3.05) is 13.2 Å². The Morgan fingerprint density at radius 1 is 1.09 bits per heavy atom. The monoisotopic (exact) mass is 471 g/mol. The Morgan fingerprint density at radius 3 is 2.27 bits per heavy atom. The first-order valence-corrected chi connectivity index (χ1v) is 10.5. The zero-order valence-electron chi connectivity index (χ0n) is 18.4. The van der Waals surface area contributed by atoms with Gasteiger partial charge in [-0.3, -0.25) is 14.4 Å². The molecule has 0 aliphatic carbocycles. The molecule has 11 N–H and O–H groups in total. The summed E-state index contributed by atoms with van der Waals surface area (Å²) in [6.45, 7) is 0.715. The molecule has 0 saturated carbocycles. The lowest BCUT2D eigenvalue weighted by Crippen LogP contribution is -2.60. The highest BCUT2D eigenvalue weighted by atomic mass is 16.4. The third-order valence-electron chi connectivity index (χ3n) is 4.77. The molecule has 1 heterocycles. The van der Waals surface area contributed by atoms with Crippen molar-refractivity contribution >= 4 is 23.7 Å². The van der Waals surface area contributed by atoms with Crippen molar-refractivity contribution in [3.05, 3.63) is 18.2 Å². The normalized spacial score (nSPS) is 15.5. The third-order valence-corrected chi connectivity index (χ3v) is 4.77. The summed E-state index contributed by atoms with van der Waals surface area (Å²) in [4.78, 5) is 55.5. The fraction of sp³-hybridized carbons (Fsp3) is 0.632. The standard InChI is InChI=1S/C19H33N7O7/c1-10(28)15(18(31)25-14(8-27)19(32)33)26-17(30)13(4-2-3-5-20)24-16(29)12(21)6-11-7-22-9-23-11/h7,9-10,12-15,27-28H,2-6,8,20-21H2,1H3,(H,22,23)(H,24,29)(H,25,31)(H,26,30)(H,32,33). The van der Waals surface area contributed by atoms with Crippen molar-refractivity contribution in [3.63, 3.8) is 0 Å². The van der Waals surface area contributed by atoms with Gasteiger partial charge in [0.05, 0.1) is 25.1 Å². The van der Waals surface area contributed by atoms with E-state index in [2.05, 4.69) is 20.6 Å². The van der Waals surface area contributed by atoms with E-state index in [1.807, 2.05) is 5.32 Å². The van der Waals surface area contributed by atoms with Crippen LogP contribution in [0.25, 0.3) is 0 Å². The van der Waals surface area contributed by atoms with Crippen LogP contribution >= 0.6 is 0 Å².